The zero-order valence-corrected chi connectivity index (χ0v) is 17.3. The third-order valence-corrected chi connectivity index (χ3v) is 5.36. The number of halogens is 8. The Morgan fingerprint density at radius 2 is 1.65 bits per heavy atom. The zero-order valence-electron chi connectivity index (χ0n) is 17.3. The molecule has 1 aliphatic rings. The van der Waals surface area contributed by atoms with Crippen LogP contribution in [0.4, 0.5) is 35.1 Å². The van der Waals surface area contributed by atoms with Gasteiger partial charge in [0.25, 0.3) is 17.6 Å². The molecule has 0 unspecified atom stereocenters. The Hall–Kier alpha value is -3.32. The molecule has 4 rings (SSSR count). The Bertz CT molecular complexity index is 1220. The number of carbonyl (C=O) groups excluding carboxylic acids is 1. The zero-order chi connectivity index (χ0) is 25.1. The number of nitrogens with zero attached hydrogens (tertiary/aromatic N) is 5. The minimum absolute atomic E-state index is 0.120. The smallest absolute Gasteiger partial charge is 0.332 e. The summed E-state index contributed by atoms with van der Waals surface area (Å²) >= 11 is 0. The maximum absolute atomic E-state index is 14.6. The standard InChI is InChI=1S/C20H15F8N5O/c1-10-2-15(33-17(31-10)29-9-30-33)12-6-18(21,22)8-32(7-12)16(34)11-3-13(19(23,24)25)5-14(4-11)20(26,27)28/h2-5,9,12H,6-8H2,1H3/t12-/m0/s1. The molecule has 182 valence electrons. The Morgan fingerprint density at radius 1 is 1.03 bits per heavy atom. The monoisotopic (exact) mass is 493 g/mol. The maximum atomic E-state index is 14.6. The van der Waals surface area contributed by atoms with E-state index in [4.69, 9.17) is 0 Å². The summed E-state index contributed by atoms with van der Waals surface area (Å²) in [5, 5.41) is 3.93. The maximum Gasteiger partial charge on any atom is 0.416 e. The number of aromatic nitrogens is 4. The lowest BCUT2D eigenvalue weighted by atomic mass is 9.91. The summed E-state index contributed by atoms with van der Waals surface area (Å²) in [6, 6.07) is 1.78. The van der Waals surface area contributed by atoms with Gasteiger partial charge in [-0.05, 0) is 31.2 Å². The topological polar surface area (TPSA) is 63.4 Å². The van der Waals surface area contributed by atoms with Gasteiger partial charge in [-0.3, -0.25) is 4.79 Å². The fraction of sp³-hybridized carbons (Fsp3) is 0.400. The molecule has 0 radical (unpaired) electrons. The number of carbonyl (C=O) groups is 1. The molecule has 34 heavy (non-hydrogen) atoms. The molecule has 0 aliphatic carbocycles. The van der Waals surface area contributed by atoms with Gasteiger partial charge in [-0.15, -0.1) is 0 Å². The number of amides is 1. The van der Waals surface area contributed by atoms with Crippen LogP contribution in [0.2, 0.25) is 0 Å². The summed E-state index contributed by atoms with van der Waals surface area (Å²) in [5.41, 5.74) is -3.75. The molecule has 2 aromatic heterocycles. The first-order valence-electron chi connectivity index (χ1n) is 9.78. The molecular weight excluding hydrogens is 478 g/mol. The molecule has 3 aromatic rings. The van der Waals surface area contributed by atoms with E-state index >= 15 is 0 Å². The highest BCUT2D eigenvalue weighted by molar-refractivity contribution is 5.95. The van der Waals surface area contributed by atoms with Crippen LogP contribution in [0.3, 0.4) is 0 Å². The van der Waals surface area contributed by atoms with Gasteiger partial charge in [0.15, 0.2) is 0 Å². The van der Waals surface area contributed by atoms with Gasteiger partial charge in [-0.1, -0.05) is 0 Å². The van der Waals surface area contributed by atoms with Crippen molar-refractivity contribution >= 4 is 11.7 Å². The first kappa shape index (κ1) is 23.8. The predicted molar refractivity (Wildman–Crippen MR) is 100 cm³/mol. The average molecular weight is 493 g/mol. The fourth-order valence-electron chi connectivity index (χ4n) is 3.96. The number of benzene rings is 1. The minimum atomic E-state index is -5.18. The van der Waals surface area contributed by atoms with Crippen molar-refractivity contribution in [3.8, 4) is 0 Å². The highest BCUT2D eigenvalue weighted by Gasteiger charge is 2.44. The number of hydrogen-bond donors (Lipinski definition) is 0. The van der Waals surface area contributed by atoms with Gasteiger partial charge in [0.05, 0.1) is 23.4 Å². The number of aryl methyl sites for hydroxylation is 1. The summed E-state index contributed by atoms with van der Waals surface area (Å²) in [7, 11) is 0. The summed E-state index contributed by atoms with van der Waals surface area (Å²) in [5.74, 6) is -5.75. The van der Waals surface area contributed by atoms with Crippen molar-refractivity contribution in [1.82, 2.24) is 24.5 Å². The molecule has 0 N–H and O–H groups in total. The predicted octanol–water partition coefficient (Wildman–Crippen LogP) is 4.74. The molecule has 3 heterocycles. The highest BCUT2D eigenvalue weighted by Crippen LogP contribution is 2.39. The summed E-state index contributed by atoms with van der Waals surface area (Å²) in [6.45, 7) is 0.0400. The second kappa shape index (κ2) is 7.87. The number of hydrogen-bond acceptors (Lipinski definition) is 4. The Labute approximate surface area is 186 Å². The first-order valence-corrected chi connectivity index (χ1v) is 9.78. The van der Waals surface area contributed by atoms with E-state index in [1.807, 2.05) is 0 Å². The third-order valence-electron chi connectivity index (χ3n) is 5.36. The molecule has 1 atom stereocenters. The summed E-state index contributed by atoms with van der Waals surface area (Å²) < 4.78 is 109. The molecule has 1 aliphatic heterocycles. The lowest BCUT2D eigenvalue weighted by molar-refractivity contribution is -0.143. The van der Waals surface area contributed by atoms with Crippen LogP contribution in [0.5, 0.6) is 0 Å². The quantitative estimate of drug-likeness (QED) is 0.484. The van der Waals surface area contributed by atoms with Crippen LogP contribution in [-0.2, 0) is 12.4 Å². The van der Waals surface area contributed by atoms with Gasteiger partial charge in [0.2, 0.25) is 0 Å². The molecule has 0 bridgehead atoms. The van der Waals surface area contributed by atoms with Gasteiger partial charge in [0.1, 0.15) is 6.33 Å². The first-order chi connectivity index (χ1) is 15.6. The van der Waals surface area contributed by atoms with E-state index in [2.05, 4.69) is 15.1 Å². The van der Waals surface area contributed by atoms with Crippen LogP contribution in [0.25, 0.3) is 5.78 Å². The van der Waals surface area contributed by atoms with E-state index in [1.54, 1.807) is 6.92 Å². The molecule has 14 heteroatoms. The van der Waals surface area contributed by atoms with Crippen molar-refractivity contribution in [2.24, 2.45) is 0 Å². The van der Waals surface area contributed by atoms with Gasteiger partial charge < -0.3 is 4.90 Å². The van der Waals surface area contributed by atoms with Crippen molar-refractivity contribution in [1.29, 1.82) is 0 Å². The molecule has 0 saturated carbocycles. The molecule has 1 fully saturated rings. The number of likely N-dealkylation sites (tertiary alicyclic amines) is 1. The lowest BCUT2D eigenvalue weighted by Crippen LogP contribution is -2.49. The van der Waals surface area contributed by atoms with Crippen LogP contribution < -0.4 is 0 Å². The average Bonchev–Trinajstić information content (AvgIpc) is 3.18. The number of rotatable bonds is 2. The Balaban J connectivity index is 1.74. The van der Waals surface area contributed by atoms with Gasteiger partial charge in [0, 0.05) is 30.1 Å². The van der Waals surface area contributed by atoms with Crippen molar-refractivity contribution in [2.75, 3.05) is 13.1 Å². The normalized spacial score (nSPS) is 19.0. The van der Waals surface area contributed by atoms with E-state index in [-0.39, 0.29) is 36.2 Å². The van der Waals surface area contributed by atoms with Gasteiger partial charge in [-0.2, -0.15) is 36.4 Å². The summed E-state index contributed by atoms with van der Waals surface area (Å²) in [6.07, 6.45) is -9.93. The van der Waals surface area contributed by atoms with Gasteiger partial charge >= 0.3 is 12.4 Å². The highest BCUT2D eigenvalue weighted by atomic mass is 19.4. The van der Waals surface area contributed by atoms with Crippen LogP contribution in [0.1, 0.15) is 45.2 Å². The number of alkyl halides is 8. The molecule has 0 spiro atoms. The largest absolute Gasteiger partial charge is 0.416 e. The van der Waals surface area contributed by atoms with Gasteiger partial charge in [-0.25, -0.2) is 18.3 Å². The van der Waals surface area contributed by atoms with E-state index in [9.17, 15) is 39.9 Å². The van der Waals surface area contributed by atoms with Crippen LogP contribution in [0.15, 0.2) is 30.6 Å². The van der Waals surface area contributed by atoms with E-state index < -0.39 is 59.8 Å². The van der Waals surface area contributed by atoms with E-state index in [0.717, 1.165) is 6.33 Å². The third kappa shape index (κ3) is 4.66. The van der Waals surface area contributed by atoms with E-state index in [1.165, 1.54) is 10.6 Å². The van der Waals surface area contributed by atoms with Crippen molar-refractivity contribution < 1.29 is 39.9 Å². The van der Waals surface area contributed by atoms with Crippen molar-refractivity contribution in [3.63, 3.8) is 0 Å². The minimum Gasteiger partial charge on any atom is -0.332 e. The van der Waals surface area contributed by atoms with Crippen molar-refractivity contribution in [3.05, 3.63) is 58.7 Å². The second-order valence-electron chi connectivity index (χ2n) is 8.03. The molecule has 6 nitrogen and oxygen atoms in total. The molecule has 1 saturated heterocycles. The van der Waals surface area contributed by atoms with Crippen LogP contribution in [0, 0.1) is 6.92 Å². The van der Waals surface area contributed by atoms with Crippen molar-refractivity contribution in [2.45, 2.75) is 37.5 Å². The SMILES string of the molecule is Cc1cc([C@@H]2CN(C(=O)c3cc(C(F)(F)F)cc(C(F)(F)F)c3)CC(F)(F)C2)n2ncnc2n1. The Morgan fingerprint density at radius 3 is 2.24 bits per heavy atom. The summed E-state index contributed by atoms with van der Waals surface area (Å²) in [4.78, 5) is 21.5. The number of piperidine rings is 1. The van der Waals surface area contributed by atoms with E-state index in [0.29, 0.717) is 10.6 Å². The number of fused-ring (bicyclic) bond motifs is 1. The molecular formula is C20H15F8N5O. The second-order valence-corrected chi connectivity index (χ2v) is 8.03. The molecule has 1 aromatic carbocycles. The fourth-order valence-corrected chi connectivity index (χ4v) is 3.96. The molecule has 1 amide bonds. The lowest BCUT2D eigenvalue weighted by Gasteiger charge is -2.38. The van der Waals surface area contributed by atoms with Crippen LogP contribution in [-0.4, -0.2) is 49.4 Å². The van der Waals surface area contributed by atoms with Crippen LogP contribution >= 0.6 is 0 Å². The Kier molecular flexibility index (Phi) is 5.52.